The fraction of sp³-hybridized carbons (Fsp3) is 0.263. The van der Waals surface area contributed by atoms with Crippen LogP contribution in [0, 0.1) is 6.92 Å². The summed E-state index contributed by atoms with van der Waals surface area (Å²) in [5.74, 6) is 1.21. The summed E-state index contributed by atoms with van der Waals surface area (Å²) < 4.78 is 10.3. The monoisotopic (exact) mass is 384 g/mol. The Balaban J connectivity index is 1.90. The standard InChI is InChI=1S/C19H20N4O3S/c1-4-26-19(24)16-10-21-17(13-5-7-15(25-3)8-6-13)23-18(16)20-9-14-11-27-12(2)22-14/h5-8,10-11H,4,9H2,1-3H3,(H,20,21,23). The molecule has 140 valence electrons. The minimum Gasteiger partial charge on any atom is -0.497 e. The number of esters is 1. The molecule has 1 aromatic carbocycles. The molecular formula is C19H20N4O3S. The molecule has 2 aromatic heterocycles. The second-order valence-electron chi connectivity index (χ2n) is 5.62. The van der Waals surface area contributed by atoms with Crippen LogP contribution in [0.5, 0.6) is 5.75 Å². The number of hydrogen-bond donors (Lipinski definition) is 1. The molecule has 0 amide bonds. The third-order valence-electron chi connectivity index (χ3n) is 3.74. The molecule has 0 aliphatic carbocycles. The number of rotatable bonds is 7. The van der Waals surface area contributed by atoms with E-state index in [0.717, 1.165) is 22.0 Å². The predicted octanol–water partition coefficient (Wildman–Crippen LogP) is 3.71. The lowest BCUT2D eigenvalue weighted by Crippen LogP contribution is -2.13. The van der Waals surface area contributed by atoms with Crippen molar-refractivity contribution in [2.45, 2.75) is 20.4 Å². The van der Waals surface area contributed by atoms with Crippen molar-refractivity contribution in [1.82, 2.24) is 15.0 Å². The van der Waals surface area contributed by atoms with Gasteiger partial charge in [0, 0.05) is 17.1 Å². The highest BCUT2D eigenvalue weighted by Crippen LogP contribution is 2.23. The van der Waals surface area contributed by atoms with E-state index in [1.54, 1.807) is 25.4 Å². The van der Waals surface area contributed by atoms with Crippen molar-refractivity contribution in [2.24, 2.45) is 0 Å². The summed E-state index contributed by atoms with van der Waals surface area (Å²) in [7, 11) is 1.61. The maximum Gasteiger partial charge on any atom is 0.343 e. The Hall–Kier alpha value is -3.00. The minimum absolute atomic E-state index is 0.282. The second-order valence-corrected chi connectivity index (χ2v) is 6.68. The summed E-state index contributed by atoms with van der Waals surface area (Å²) in [5.41, 5.74) is 2.00. The summed E-state index contributed by atoms with van der Waals surface area (Å²) >= 11 is 1.57. The predicted molar refractivity (Wildman–Crippen MR) is 104 cm³/mol. The molecule has 3 aromatic rings. The average Bonchev–Trinajstić information content (AvgIpc) is 3.11. The van der Waals surface area contributed by atoms with Gasteiger partial charge in [0.2, 0.25) is 0 Å². The van der Waals surface area contributed by atoms with Crippen LogP contribution in [0.1, 0.15) is 28.0 Å². The number of aryl methyl sites for hydroxylation is 1. The molecule has 0 unspecified atom stereocenters. The van der Waals surface area contributed by atoms with E-state index >= 15 is 0 Å². The average molecular weight is 384 g/mol. The lowest BCUT2D eigenvalue weighted by atomic mass is 10.2. The van der Waals surface area contributed by atoms with Gasteiger partial charge in [-0.2, -0.15) is 0 Å². The molecule has 0 radical (unpaired) electrons. The number of aromatic nitrogens is 3. The first-order chi connectivity index (χ1) is 13.1. The van der Waals surface area contributed by atoms with Gasteiger partial charge in [0.25, 0.3) is 0 Å². The van der Waals surface area contributed by atoms with Crippen LogP contribution in [0.25, 0.3) is 11.4 Å². The van der Waals surface area contributed by atoms with Crippen molar-refractivity contribution in [3.05, 3.63) is 52.1 Å². The molecule has 0 aliphatic rings. The van der Waals surface area contributed by atoms with E-state index in [9.17, 15) is 4.79 Å². The van der Waals surface area contributed by atoms with E-state index in [2.05, 4.69) is 20.3 Å². The number of carbonyl (C=O) groups is 1. The largest absolute Gasteiger partial charge is 0.497 e. The van der Waals surface area contributed by atoms with Gasteiger partial charge in [-0.1, -0.05) is 0 Å². The van der Waals surface area contributed by atoms with Crippen molar-refractivity contribution >= 4 is 23.1 Å². The Bertz CT molecular complexity index is 925. The molecule has 0 fully saturated rings. The Kier molecular flexibility index (Phi) is 5.97. The van der Waals surface area contributed by atoms with Crippen molar-refractivity contribution in [3.63, 3.8) is 0 Å². The zero-order chi connectivity index (χ0) is 19.2. The molecule has 0 spiro atoms. The van der Waals surface area contributed by atoms with Crippen LogP contribution in [0.15, 0.2) is 35.8 Å². The first-order valence-electron chi connectivity index (χ1n) is 8.44. The normalized spacial score (nSPS) is 10.5. The summed E-state index contributed by atoms with van der Waals surface area (Å²) in [5, 5.41) is 6.14. The van der Waals surface area contributed by atoms with E-state index in [-0.39, 0.29) is 6.61 Å². The van der Waals surface area contributed by atoms with E-state index < -0.39 is 5.97 Å². The highest BCUT2D eigenvalue weighted by Gasteiger charge is 2.17. The molecule has 27 heavy (non-hydrogen) atoms. The van der Waals surface area contributed by atoms with Crippen LogP contribution in [0.4, 0.5) is 5.82 Å². The number of nitrogens with zero attached hydrogens (tertiary/aromatic N) is 3. The number of nitrogens with one attached hydrogen (secondary N) is 1. The van der Waals surface area contributed by atoms with E-state index in [4.69, 9.17) is 9.47 Å². The van der Waals surface area contributed by atoms with Crippen molar-refractivity contribution in [3.8, 4) is 17.1 Å². The fourth-order valence-electron chi connectivity index (χ4n) is 2.42. The first-order valence-corrected chi connectivity index (χ1v) is 9.32. The Morgan fingerprint density at radius 3 is 2.63 bits per heavy atom. The van der Waals surface area contributed by atoms with Gasteiger partial charge in [0.15, 0.2) is 5.82 Å². The Morgan fingerprint density at radius 2 is 2.00 bits per heavy atom. The topological polar surface area (TPSA) is 86.2 Å². The van der Waals surface area contributed by atoms with Crippen molar-refractivity contribution in [1.29, 1.82) is 0 Å². The lowest BCUT2D eigenvalue weighted by Gasteiger charge is -2.11. The third kappa shape index (κ3) is 4.59. The molecule has 0 bridgehead atoms. The Morgan fingerprint density at radius 1 is 1.22 bits per heavy atom. The number of methoxy groups -OCH3 is 1. The Labute approximate surface area is 161 Å². The van der Waals surface area contributed by atoms with Gasteiger partial charge in [0.1, 0.15) is 17.1 Å². The molecule has 0 saturated heterocycles. The van der Waals surface area contributed by atoms with Crippen LogP contribution in [0.2, 0.25) is 0 Å². The van der Waals surface area contributed by atoms with Crippen molar-refractivity contribution in [2.75, 3.05) is 19.0 Å². The van der Waals surface area contributed by atoms with Gasteiger partial charge in [-0.15, -0.1) is 11.3 Å². The number of benzene rings is 1. The van der Waals surface area contributed by atoms with Gasteiger partial charge in [-0.3, -0.25) is 0 Å². The van der Waals surface area contributed by atoms with Gasteiger partial charge >= 0.3 is 5.97 Å². The van der Waals surface area contributed by atoms with Crippen LogP contribution in [-0.2, 0) is 11.3 Å². The quantitative estimate of drug-likeness (QED) is 0.622. The number of hydrogen-bond acceptors (Lipinski definition) is 8. The summed E-state index contributed by atoms with van der Waals surface area (Å²) in [6.45, 7) is 4.44. The van der Waals surface area contributed by atoms with Gasteiger partial charge < -0.3 is 14.8 Å². The first kappa shape index (κ1) is 18.8. The highest BCUT2D eigenvalue weighted by atomic mass is 32.1. The number of anilines is 1. The van der Waals surface area contributed by atoms with Crippen LogP contribution in [-0.4, -0.2) is 34.6 Å². The molecule has 0 atom stereocenters. The van der Waals surface area contributed by atoms with Crippen molar-refractivity contribution < 1.29 is 14.3 Å². The van der Waals surface area contributed by atoms with Crippen LogP contribution < -0.4 is 10.1 Å². The van der Waals surface area contributed by atoms with Crippen LogP contribution >= 0.6 is 11.3 Å². The fourth-order valence-corrected chi connectivity index (χ4v) is 3.03. The van der Waals surface area contributed by atoms with E-state index in [1.807, 2.05) is 36.6 Å². The highest BCUT2D eigenvalue weighted by molar-refractivity contribution is 7.09. The molecule has 1 N–H and O–H groups in total. The SMILES string of the molecule is CCOC(=O)c1cnc(-c2ccc(OC)cc2)nc1NCc1csc(C)n1. The number of ether oxygens (including phenoxy) is 2. The third-order valence-corrected chi connectivity index (χ3v) is 4.56. The van der Waals surface area contributed by atoms with E-state index in [0.29, 0.717) is 23.8 Å². The van der Waals surface area contributed by atoms with Gasteiger partial charge in [-0.05, 0) is 38.1 Å². The molecule has 3 rings (SSSR count). The van der Waals surface area contributed by atoms with Gasteiger partial charge in [-0.25, -0.2) is 19.7 Å². The maximum absolute atomic E-state index is 12.2. The molecular weight excluding hydrogens is 364 g/mol. The zero-order valence-corrected chi connectivity index (χ0v) is 16.2. The zero-order valence-electron chi connectivity index (χ0n) is 15.4. The summed E-state index contributed by atoms with van der Waals surface area (Å²) in [4.78, 5) is 25.5. The van der Waals surface area contributed by atoms with E-state index in [1.165, 1.54) is 6.20 Å². The molecule has 7 nitrogen and oxygen atoms in total. The number of thiazole rings is 1. The molecule has 2 heterocycles. The second kappa shape index (κ2) is 8.59. The summed E-state index contributed by atoms with van der Waals surface area (Å²) in [6.07, 6.45) is 1.49. The summed E-state index contributed by atoms with van der Waals surface area (Å²) in [6, 6.07) is 7.41. The minimum atomic E-state index is -0.462. The van der Waals surface area contributed by atoms with Gasteiger partial charge in [0.05, 0.1) is 31.0 Å². The maximum atomic E-state index is 12.2. The van der Waals surface area contributed by atoms with Crippen LogP contribution in [0.3, 0.4) is 0 Å². The lowest BCUT2D eigenvalue weighted by molar-refractivity contribution is 0.0526. The molecule has 0 saturated carbocycles. The number of carbonyl (C=O) groups excluding carboxylic acids is 1. The molecule has 0 aliphatic heterocycles. The smallest absolute Gasteiger partial charge is 0.343 e. The molecule has 8 heteroatoms.